The average molecular weight is 423 g/mol. The minimum absolute atomic E-state index is 0.0315. The minimum atomic E-state index is -0.472. The van der Waals surface area contributed by atoms with Gasteiger partial charge in [0.1, 0.15) is 22.8 Å². The highest BCUT2D eigenvalue weighted by atomic mass is 16.5. The summed E-state index contributed by atoms with van der Waals surface area (Å²) in [4.78, 5) is 13.8. The number of Topliss-reactive ketones (excluding diaryl/α,β-unsaturated/α-hetero) is 1. The van der Waals surface area contributed by atoms with Crippen LogP contribution >= 0.6 is 0 Å². The predicted octanol–water partition coefficient (Wildman–Crippen LogP) is 4.98. The third kappa shape index (κ3) is 4.83. The molecule has 5 nitrogen and oxygen atoms in total. The van der Waals surface area contributed by atoms with E-state index in [9.17, 15) is 20.1 Å². The Morgan fingerprint density at radius 3 is 2.39 bits per heavy atom. The molecule has 1 aliphatic rings. The van der Waals surface area contributed by atoms with Gasteiger partial charge in [0.25, 0.3) is 0 Å². The maximum atomic E-state index is 13.8. The zero-order valence-corrected chi connectivity index (χ0v) is 18.2. The molecule has 1 aliphatic carbocycles. The average Bonchev–Trinajstić information content (AvgIpc) is 2.77. The second-order valence-electron chi connectivity index (χ2n) is 8.18. The van der Waals surface area contributed by atoms with Gasteiger partial charge in [0.05, 0.1) is 13.7 Å². The van der Waals surface area contributed by atoms with Crippen LogP contribution < -0.4 is 4.74 Å². The lowest BCUT2D eigenvalue weighted by Gasteiger charge is -2.37. The molecule has 0 unspecified atom stereocenters. The molecule has 3 rings (SSSR count). The van der Waals surface area contributed by atoms with Crippen molar-refractivity contribution in [3.63, 3.8) is 0 Å². The Labute approximate surface area is 183 Å². The number of ketones is 1. The Balaban J connectivity index is 2.10. The van der Waals surface area contributed by atoms with Crippen LogP contribution in [0, 0.1) is 11.8 Å². The molecule has 0 aliphatic heterocycles. The van der Waals surface area contributed by atoms with Gasteiger partial charge in [0.15, 0.2) is 5.78 Å². The molecular formula is C26H30O5. The standard InChI is InChI=1S/C26H30O5/c1-16(15-27)9-11-20-17(2)10-12-21(18-7-5-4-6-8-18)24(20)26(30)25-22(28)13-19(31-3)14-23(25)29/h4-10,13-14,20-21,24,27-29H,11-12,15H2,1-3H3/b16-9+/t20-,21+,24-/m1/s1. The highest BCUT2D eigenvalue weighted by Gasteiger charge is 2.40. The normalized spacial score (nSPS) is 21.5. The maximum Gasteiger partial charge on any atom is 0.174 e. The summed E-state index contributed by atoms with van der Waals surface area (Å²) >= 11 is 0. The van der Waals surface area contributed by atoms with Crippen LogP contribution in [0.1, 0.15) is 48.5 Å². The van der Waals surface area contributed by atoms with E-state index in [1.165, 1.54) is 19.2 Å². The van der Waals surface area contributed by atoms with Gasteiger partial charge >= 0.3 is 0 Å². The fourth-order valence-corrected chi connectivity index (χ4v) is 4.43. The molecule has 2 aromatic carbocycles. The van der Waals surface area contributed by atoms with E-state index in [0.717, 1.165) is 16.7 Å². The number of hydrogen-bond acceptors (Lipinski definition) is 5. The van der Waals surface area contributed by atoms with Crippen molar-refractivity contribution in [3.8, 4) is 17.2 Å². The van der Waals surface area contributed by atoms with E-state index in [0.29, 0.717) is 12.8 Å². The van der Waals surface area contributed by atoms with Crippen LogP contribution in [0.15, 0.2) is 65.8 Å². The van der Waals surface area contributed by atoms with Gasteiger partial charge in [-0.1, -0.05) is 53.6 Å². The van der Waals surface area contributed by atoms with E-state index in [1.54, 1.807) is 0 Å². The number of aromatic hydroxyl groups is 2. The van der Waals surface area contributed by atoms with Crippen molar-refractivity contribution in [1.29, 1.82) is 0 Å². The van der Waals surface area contributed by atoms with Crippen LogP contribution in [0.2, 0.25) is 0 Å². The molecule has 31 heavy (non-hydrogen) atoms. The van der Waals surface area contributed by atoms with Crippen LogP contribution in [0.4, 0.5) is 0 Å². The Bertz CT molecular complexity index is 967. The monoisotopic (exact) mass is 422 g/mol. The van der Waals surface area contributed by atoms with E-state index < -0.39 is 5.92 Å². The van der Waals surface area contributed by atoms with E-state index >= 15 is 0 Å². The Hall–Kier alpha value is -3.05. The summed E-state index contributed by atoms with van der Waals surface area (Å²) in [7, 11) is 1.43. The topological polar surface area (TPSA) is 87.0 Å². The molecule has 0 radical (unpaired) electrons. The summed E-state index contributed by atoms with van der Waals surface area (Å²) < 4.78 is 5.09. The van der Waals surface area contributed by atoms with Gasteiger partial charge in [-0.15, -0.1) is 0 Å². The molecule has 0 fully saturated rings. The fourth-order valence-electron chi connectivity index (χ4n) is 4.43. The first-order chi connectivity index (χ1) is 14.9. The quantitative estimate of drug-likeness (QED) is 0.432. The first-order valence-electron chi connectivity index (χ1n) is 10.5. The second-order valence-corrected chi connectivity index (χ2v) is 8.18. The third-order valence-electron chi connectivity index (χ3n) is 6.20. The zero-order valence-electron chi connectivity index (χ0n) is 18.2. The first-order valence-corrected chi connectivity index (χ1v) is 10.5. The number of phenolic OH excluding ortho intramolecular Hbond substituents is 2. The third-order valence-corrected chi connectivity index (χ3v) is 6.20. The number of ether oxygens (including phenoxy) is 1. The molecule has 3 atom stereocenters. The summed E-state index contributed by atoms with van der Waals surface area (Å²) in [5.41, 5.74) is 2.91. The van der Waals surface area contributed by atoms with E-state index in [4.69, 9.17) is 4.74 Å². The van der Waals surface area contributed by atoms with Crippen LogP contribution in [0.5, 0.6) is 17.2 Å². The van der Waals surface area contributed by atoms with Gasteiger partial charge in [-0.3, -0.25) is 4.79 Å². The van der Waals surface area contributed by atoms with E-state index in [2.05, 4.69) is 6.08 Å². The highest BCUT2D eigenvalue weighted by molar-refractivity contribution is 6.03. The van der Waals surface area contributed by atoms with Crippen LogP contribution in [0.3, 0.4) is 0 Å². The number of methoxy groups -OCH3 is 1. The Kier molecular flexibility index (Phi) is 7.18. The van der Waals surface area contributed by atoms with Crippen LogP contribution in [-0.2, 0) is 0 Å². The molecule has 2 aromatic rings. The summed E-state index contributed by atoms with van der Waals surface area (Å²) in [6, 6.07) is 12.6. The van der Waals surface area contributed by atoms with Gasteiger partial charge in [-0.2, -0.15) is 0 Å². The molecule has 0 bridgehead atoms. The van der Waals surface area contributed by atoms with Crippen molar-refractivity contribution in [3.05, 3.63) is 76.9 Å². The van der Waals surface area contributed by atoms with Gasteiger partial charge in [-0.05, 0) is 44.1 Å². The molecule has 0 heterocycles. The number of carbonyl (C=O) groups is 1. The largest absolute Gasteiger partial charge is 0.507 e. The number of aliphatic hydroxyl groups excluding tert-OH is 1. The lowest BCUT2D eigenvalue weighted by Crippen LogP contribution is -2.33. The van der Waals surface area contributed by atoms with Crippen molar-refractivity contribution in [2.45, 2.75) is 32.6 Å². The smallest absolute Gasteiger partial charge is 0.174 e. The Morgan fingerprint density at radius 2 is 1.81 bits per heavy atom. The number of phenols is 2. The fraction of sp³-hybridized carbons (Fsp3) is 0.346. The van der Waals surface area contributed by atoms with Crippen molar-refractivity contribution in [2.24, 2.45) is 11.8 Å². The molecule has 0 spiro atoms. The first kappa shape index (κ1) is 22.6. The number of carbonyl (C=O) groups excluding carboxylic acids is 1. The SMILES string of the molecule is COc1cc(O)c(C(=O)[C@@H]2[C@H](C/C=C(\C)CO)C(C)=CC[C@H]2c2ccccc2)c(O)c1. The molecule has 5 heteroatoms. The number of benzene rings is 2. The molecule has 0 amide bonds. The van der Waals surface area contributed by atoms with Crippen molar-refractivity contribution in [2.75, 3.05) is 13.7 Å². The second kappa shape index (κ2) is 9.84. The molecule has 0 aromatic heterocycles. The number of hydrogen-bond donors (Lipinski definition) is 3. The van der Waals surface area contributed by atoms with Gasteiger partial charge < -0.3 is 20.1 Å². The summed E-state index contributed by atoms with van der Waals surface area (Å²) in [6.07, 6.45) is 5.42. The van der Waals surface area contributed by atoms with Gasteiger partial charge in [0, 0.05) is 18.1 Å². The van der Waals surface area contributed by atoms with Crippen molar-refractivity contribution >= 4 is 5.78 Å². The number of rotatable bonds is 7. The minimum Gasteiger partial charge on any atom is -0.507 e. The van der Waals surface area contributed by atoms with Crippen molar-refractivity contribution < 1.29 is 24.9 Å². The van der Waals surface area contributed by atoms with Gasteiger partial charge in [0.2, 0.25) is 0 Å². The summed E-state index contributed by atoms with van der Waals surface area (Å²) in [6.45, 7) is 3.84. The van der Waals surface area contributed by atoms with Crippen LogP contribution in [0.25, 0.3) is 0 Å². The number of allylic oxidation sites excluding steroid dienone is 3. The molecule has 0 saturated heterocycles. The lowest BCUT2D eigenvalue weighted by atomic mass is 9.65. The van der Waals surface area contributed by atoms with Crippen molar-refractivity contribution in [1.82, 2.24) is 0 Å². The summed E-state index contributed by atoms with van der Waals surface area (Å²) in [5.74, 6) is -1.27. The molecule has 164 valence electrons. The molecule has 0 saturated carbocycles. The predicted molar refractivity (Wildman–Crippen MR) is 121 cm³/mol. The van der Waals surface area contributed by atoms with E-state index in [1.807, 2.05) is 50.3 Å². The Morgan fingerprint density at radius 1 is 1.16 bits per heavy atom. The van der Waals surface area contributed by atoms with Gasteiger partial charge in [-0.25, -0.2) is 0 Å². The lowest BCUT2D eigenvalue weighted by molar-refractivity contribution is 0.0844. The summed E-state index contributed by atoms with van der Waals surface area (Å²) in [5, 5.41) is 30.5. The highest BCUT2D eigenvalue weighted by Crippen LogP contribution is 2.47. The zero-order chi connectivity index (χ0) is 22.5. The molecule has 3 N–H and O–H groups in total. The molecular weight excluding hydrogens is 392 g/mol. The van der Waals surface area contributed by atoms with E-state index in [-0.39, 0.29) is 47.0 Å². The maximum absolute atomic E-state index is 13.8. The van der Waals surface area contributed by atoms with Crippen LogP contribution in [-0.4, -0.2) is 34.8 Å². The number of aliphatic hydroxyl groups is 1.